The van der Waals surface area contributed by atoms with Crippen molar-refractivity contribution >= 4 is 74.4 Å². The molecule has 5 aromatic rings. The molecule has 3 aromatic heterocycles. The van der Waals surface area contributed by atoms with Gasteiger partial charge < -0.3 is 10.6 Å². The number of hydrogen-bond acceptors (Lipinski definition) is 12. The molecule has 0 saturated heterocycles. The van der Waals surface area contributed by atoms with Crippen LogP contribution in [0.15, 0.2) is 36.4 Å². The highest BCUT2D eigenvalue weighted by Gasteiger charge is 2.23. The Morgan fingerprint density at radius 1 is 0.867 bits per heavy atom. The molecular formula is C17H11N9O2S2. The van der Waals surface area contributed by atoms with Crippen molar-refractivity contribution in [2.45, 2.75) is 6.92 Å². The van der Waals surface area contributed by atoms with Gasteiger partial charge in [-0.2, -0.15) is 22.5 Å². The Morgan fingerprint density at radius 2 is 1.47 bits per heavy atom. The Balaban J connectivity index is 1.59. The second-order valence-electron chi connectivity index (χ2n) is 6.21. The number of aryl methyl sites for hydroxylation is 1. The molecule has 0 aliphatic carbocycles. The van der Waals surface area contributed by atoms with Crippen LogP contribution in [-0.4, -0.2) is 32.4 Å². The molecule has 0 unspecified atom stereocenters. The van der Waals surface area contributed by atoms with Crippen LogP contribution in [0.25, 0.3) is 22.1 Å². The van der Waals surface area contributed by atoms with E-state index in [0.29, 0.717) is 27.9 Å². The van der Waals surface area contributed by atoms with Gasteiger partial charge in [0.1, 0.15) is 27.8 Å². The van der Waals surface area contributed by atoms with Crippen LogP contribution in [0, 0.1) is 17.0 Å². The zero-order valence-electron chi connectivity index (χ0n) is 15.2. The number of rotatable bonds is 5. The van der Waals surface area contributed by atoms with Gasteiger partial charge in [0.2, 0.25) is 11.8 Å². The zero-order chi connectivity index (χ0) is 20.7. The van der Waals surface area contributed by atoms with Crippen LogP contribution in [0.2, 0.25) is 0 Å². The zero-order valence-corrected chi connectivity index (χ0v) is 16.9. The Labute approximate surface area is 176 Å². The van der Waals surface area contributed by atoms with E-state index in [-0.39, 0.29) is 23.1 Å². The first-order chi connectivity index (χ1) is 14.6. The first-order valence-electron chi connectivity index (χ1n) is 8.60. The van der Waals surface area contributed by atoms with Crippen molar-refractivity contribution in [2.24, 2.45) is 0 Å². The molecule has 0 atom stereocenters. The third-order valence-corrected chi connectivity index (χ3v) is 5.40. The summed E-state index contributed by atoms with van der Waals surface area (Å²) in [5, 5.41) is 17.8. The summed E-state index contributed by atoms with van der Waals surface area (Å²) >= 11 is 2.17. The summed E-state index contributed by atoms with van der Waals surface area (Å²) in [6, 6.07) is 10.9. The molecule has 2 aromatic carbocycles. The summed E-state index contributed by atoms with van der Waals surface area (Å²) in [6.45, 7) is 1.56. The van der Waals surface area contributed by atoms with Gasteiger partial charge in [-0.3, -0.25) is 10.1 Å². The molecular weight excluding hydrogens is 426 g/mol. The van der Waals surface area contributed by atoms with Gasteiger partial charge in [0.15, 0.2) is 0 Å². The summed E-state index contributed by atoms with van der Waals surface area (Å²) in [5.41, 5.74) is 3.95. The highest BCUT2D eigenvalue weighted by Crippen LogP contribution is 2.33. The smallest absolute Gasteiger partial charge is 0.332 e. The Kier molecular flexibility index (Phi) is 4.37. The molecule has 0 amide bonds. The van der Waals surface area contributed by atoms with E-state index >= 15 is 0 Å². The number of nitro groups is 1. The van der Waals surface area contributed by atoms with Crippen LogP contribution >= 0.6 is 23.5 Å². The minimum atomic E-state index is -0.508. The molecule has 2 N–H and O–H groups in total. The van der Waals surface area contributed by atoms with Gasteiger partial charge in [-0.05, 0) is 31.2 Å². The molecule has 0 saturated carbocycles. The third-order valence-electron chi connectivity index (χ3n) is 4.31. The molecule has 0 bridgehead atoms. The number of nitrogens with zero attached hydrogens (tertiary/aromatic N) is 7. The summed E-state index contributed by atoms with van der Waals surface area (Å²) in [5.74, 6) is 0.253. The van der Waals surface area contributed by atoms with Crippen LogP contribution in [0.5, 0.6) is 0 Å². The fourth-order valence-electron chi connectivity index (χ4n) is 2.99. The summed E-state index contributed by atoms with van der Waals surface area (Å²) < 4.78 is 16.9. The molecule has 13 heteroatoms. The van der Waals surface area contributed by atoms with Crippen molar-refractivity contribution in [1.29, 1.82) is 0 Å². The highest BCUT2D eigenvalue weighted by atomic mass is 32.1. The lowest BCUT2D eigenvalue weighted by Gasteiger charge is -2.11. The van der Waals surface area contributed by atoms with Gasteiger partial charge in [0, 0.05) is 0 Å². The average molecular weight is 437 g/mol. The summed E-state index contributed by atoms with van der Waals surface area (Å²) in [4.78, 5) is 19.8. The van der Waals surface area contributed by atoms with Crippen LogP contribution in [-0.2, 0) is 0 Å². The molecule has 148 valence electrons. The molecule has 5 rings (SSSR count). The normalized spacial score (nSPS) is 11.1. The van der Waals surface area contributed by atoms with Crippen molar-refractivity contribution in [1.82, 2.24) is 27.5 Å². The predicted octanol–water partition coefficient (Wildman–Crippen LogP) is 4.19. The lowest BCUT2D eigenvalue weighted by Crippen LogP contribution is -2.07. The lowest BCUT2D eigenvalue weighted by atomic mass is 10.2. The van der Waals surface area contributed by atoms with E-state index in [0.717, 1.165) is 29.0 Å². The van der Waals surface area contributed by atoms with Crippen LogP contribution in [0.3, 0.4) is 0 Å². The number of benzene rings is 2. The van der Waals surface area contributed by atoms with Crippen LogP contribution in [0.1, 0.15) is 5.69 Å². The van der Waals surface area contributed by atoms with Crippen molar-refractivity contribution in [3.05, 3.63) is 52.2 Å². The van der Waals surface area contributed by atoms with Gasteiger partial charge in [-0.1, -0.05) is 12.1 Å². The molecule has 0 fully saturated rings. The predicted molar refractivity (Wildman–Crippen MR) is 115 cm³/mol. The molecule has 30 heavy (non-hydrogen) atoms. The minimum absolute atomic E-state index is 0.0547. The second-order valence-corrected chi connectivity index (χ2v) is 7.27. The van der Waals surface area contributed by atoms with Crippen molar-refractivity contribution in [3.63, 3.8) is 0 Å². The van der Waals surface area contributed by atoms with Crippen molar-refractivity contribution in [2.75, 3.05) is 10.6 Å². The highest BCUT2D eigenvalue weighted by molar-refractivity contribution is 7.00. The van der Waals surface area contributed by atoms with E-state index in [1.165, 1.54) is 0 Å². The Morgan fingerprint density at radius 3 is 2.07 bits per heavy atom. The molecule has 0 radical (unpaired) electrons. The van der Waals surface area contributed by atoms with Crippen LogP contribution < -0.4 is 10.6 Å². The van der Waals surface area contributed by atoms with E-state index in [4.69, 9.17) is 0 Å². The van der Waals surface area contributed by atoms with E-state index in [9.17, 15) is 10.1 Å². The number of fused-ring (bicyclic) bond motifs is 2. The van der Waals surface area contributed by atoms with Gasteiger partial charge in [0.05, 0.1) is 39.8 Å². The second kappa shape index (κ2) is 7.20. The first kappa shape index (κ1) is 18.2. The van der Waals surface area contributed by atoms with Gasteiger partial charge in [0.25, 0.3) is 0 Å². The quantitative estimate of drug-likeness (QED) is 0.303. The standard InChI is InChI=1S/C17H11N9O2S2/c1-8-15(26(27)28)16(19-9-4-2-6-11-13(9)24-29-22-11)21-17(18-8)20-10-5-3-7-12-14(10)25-30-23-12/h2-7H,1H3,(H2,18,19,20,21). The molecule has 0 aliphatic heterocycles. The van der Waals surface area contributed by atoms with Gasteiger partial charge in [-0.25, -0.2) is 4.98 Å². The Bertz CT molecular complexity index is 1420. The van der Waals surface area contributed by atoms with E-state index in [1.807, 2.05) is 24.3 Å². The van der Waals surface area contributed by atoms with E-state index < -0.39 is 4.92 Å². The number of nitrogens with one attached hydrogen (secondary N) is 2. The SMILES string of the molecule is Cc1nc(Nc2cccc3nsnc23)nc(Nc2cccc3nsnc23)c1[N+](=O)[O-]. The van der Waals surface area contributed by atoms with Gasteiger partial charge >= 0.3 is 5.69 Å². The maximum absolute atomic E-state index is 11.7. The topological polar surface area (TPSA) is 145 Å². The minimum Gasteiger partial charge on any atom is -0.332 e. The number of anilines is 4. The molecule has 0 spiro atoms. The van der Waals surface area contributed by atoms with Crippen molar-refractivity contribution in [3.8, 4) is 0 Å². The van der Waals surface area contributed by atoms with Crippen molar-refractivity contribution < 1.29 is 4.92 Å². The van der Waals surface area contributed by atoms with E-state index in [1.54, 1.807) is 19.1 Å². The third kappa shape index (κ3) is 3.15. The van der Waals surface area contributed by atoms with E-state index in [2.05, 4.69) is 38.1 Å². The summed E-state index contributed by atoms with van der Waals surface area (Å²) in [7, 11) is 0. The molecule has 3 heterocycles. The lowest BCUT2D eigenvalue weighted by molar-refractivity contribution is -0.385. The monoisotopic (exact) mass is 437 g/mol. The fraction of sp³-hybridized carbons (Fsp3) is 0.0588. The Hall–Kier alpha value is -3.84. The molecule has 0 aliphatic rings. The number of hydrogen-bond donors (Lipinski definition) is 2. The fourth-order valence-corrected chi connectivity index (χ4v) is 4.09. The largest absolute Gasteiger partial charge is 0.332 e. The van der Waals surface area contributed by atoms with Gasteiger partial charge in [-0.15, -0.1) is 0 Å². The maximum atomic E-state index is 11.7. The first-order valence-corrected chi connectivity index (χ1v) is 10.1. The molecule has 11 nitrogen and oxygen atoms in total. The van der Waals surface area contributed by atoms with Crippen LogP contribution in [0.4, 0.5) is 28.8 Å². The summed E-state index contributed by atoms with van der Waals surface area (Å²) in [6.07, 6.45) is 0. The average Bonchev–Trinajstić information content (AvgIpc) is 3.37. The maximum Gasteiger partial charge on any atom is 0.332 e. The number of aromatic nitrogens is 6.